The van der Waals surface area contributed by atoms with Crippen LogP contribution in [0.3, 0.4) is 0 Å². The summed E-state index contributed by atoms with van der Waals surface area (Å²) in [5, 5.41) is 15.2. The van der Waals surface area contributed by atoms with E-state index >= 15 is 0 Å². The van der Waals surface area contributed by atoms with Gasteiger partial charge in [0.25, 0.3) is 5.91 Å². The molecule has 2 aromatic carbocycles. The van der Waals surface area contributed by atoms with Crippen molar-refractivity contribution in [2.75, 3.05) is 19.5 Å². The lowest BCUT2D eigenvalue weighted by Gasteiger charge is -2.12. The molecule has 4 aromatic rings. The van der Waals surface area contributed by atoms with E-state index in [1.165, 1.54) is 19.3 Å². The maximum Gasteiger partial charge on any atom is 0.287 e. The van der Waals surface area contributed by atoms with Crippen LogP contribution in [0.4, 0.5) is 5.88 Å². The number of furan rings is 2. The van der Waals surface area contributed by atoms with Crippen LogP contribution in [0.2, 0.25) is 0 Å². The Morgan fingerprint density at radius 1 is 0.944 bits per heavy atom. The summed E-state index contributed by atoms with van der Waals surface area (Å²) in [6.45, 7) is 1.51. The highest BCUT2D eigenvalue weighted by molar-refractivity contribution is 6.01. The molecular weight excluding hydrogens is 462 g/mol. The number of hydrogen-bond acceptors (Lipinski definition) is 7. The Morgan fingerprint density at radius 3 is 2.08 bits per heavy atom. The van der Waals surface area contributed by atoms with Crippen molar-refractivity contribution in [3.63, 3.8) is 0 Å². The van der Waals surface area contributed by atoms with Crippen LogP contribution >= 0.6 is 0 Å². The minimum absolute atomic E-state index is 0.0294. The largest absolute Gasteiger partial charge is 0.497 e. The van der Waals surface area contributed by atoms with Gasteiger partial charge in [-0.2, -0.15) is 5.26 Å². The SMILES string of the molecule is COc1ccc(-c2oc(NC(=O)C(C)NC(=O)c3ccco3)c(C#N)c2-c2ccc(OC)cc2)cc1. The third-order valence-corrected chi connectivity index (χ3v) is 5.47. The number of nitrogens with one attached hydrogen (secondary N) is 2. The Kier molecular flexibility index (Phi) is 7.07. The van der Waals surface area contributed by atoms with E-state index < -0.39 is 17.9 Å². The summed E-state index contributed by atoms with van der Waals surface area (Å²) in [5.74, 6) is 0.644. The van der Waals surface area contributed by atoms with Crippen LogP contribution in [0, 0.1) is 11.3 Å². The van der Waals surface area contributed by atoms with Gasteiger partial charge in [-0.1, -0.05) is 12.1 Å². The molecule has 4 rings (SSSR count). The summed E-state index contributed by atoms with van der Waals surface area (Å²) in [7, 11) is 3.13. The molecule has 0 saturated heterocycles. The number of hydrogen-bond donors (Lipinski definition) is 2. The number of carbonyl (C=O) groups excluding carboxylic acids is 2. The van der Waals surface area contributed by atoms with Crippen LogP contribution in [0.15, 0.2) is 75.8 Å². The second kappa shape index (κ2) is 10.5. The van der Waals surface area contributed by atoms with Crippen LogP contribution in [0.1, 0.15) is 23.0 Å². The van der Waals surface area contributed by atoms with Gasteiger partial charge in [0.1, 0.15) is 34.9 Å². The van der Waals surface area contributed by atoms with Crippen LogP contribution in [0.25, 0.3) is 22.5 Å². The lowest BCUT2D eigenvalue weighted by atomic mass is 9.98. The van der Waals surface area contributed by atoms with E-state index in [0.29, 0.717) is 33.9 Å². The zero-order chi connectivity index (χ0) is 25.7. The number of carbonyl (C=O) groups is 2. The summed E-state index contributed by atoms with van der Waals surface area (Å²) in [6.07, 6.45) is 1.36. The normalized spacial score (nSPS) is 11.3. The van der Waals surface area contributed by atoms with Crippen molar-refractivity contribution < 1.29 is 27.9 Å². The molecule has 0 aliphatic heterocycles. The predicted molar refractivity (Wildman–Crippen MR) is 132 cm³/mol. The fourth-order valence-corrected chi connectivity index (χ4v) is 3.57. The van der Waals surface area contributed by atoms with Crippen molar-refractivity contribution in [1.29, 1.82) is 5.26 Å². The number of ether oxygens (including phenoxy) is 2. The van der Waals surface area contributed by atoms with E-state index in [1.807, 2.05) is 0 Å². The van der Waals surface area contributed by atoms with Gasteiger partial charge < -0.3 is 23.6 Å². The van der Waals surface area contributed by atoms with E-state index in [9.17, 15) is 14.9 Å². The molecule has 182 valence electrons. The van der Waals surface area contributed by atoms with E-state index in [1.54, 1.807) is 68.8 Å². The Hall–Kier alpha value is -4.97. The van der Waals surface area contributed by atoms with E-state index in [4.69, 9.17) is 18.3 Å². The van der Waals surface area contributed by atoms with Crippen LogP contribution in [0.5, 0.6) is 11.5 Å². The van der Waals surface area contributed by atoms with Gasteiger partial charge in [0.15, 0.2) is 5.76 Å². The van der Waals surface area contributed by atoms with Gasteiger partial charge in [-0.15, -0.1) is 0 Å². The van der Waals surface area contributed by atoms with Crippen LogP contribution < -0.4 is 20.1 Å². The van der Waals surface area contributed by atoms with Crippen molar-refractivity contribution in [1.82, 2.24) is 5.32 Å². The standard InChI is InChI=1S/C27H23N3O6/c1-16(29-26(32)22-5-4-14-35-22)25(31)30-27-21(15-28)23(17-6-10-19(33-2)11-7-17)24(36-27)18-8-12-20(34-3)13-9-18/h4-14,16H,1-3H3,(H,29,32)(H,30,31). The molecule has 0 aliphatic rings. The van der Waals surface area contributed by atoms with Crippen LogP contribution in [-0.2, 0) is 4.79 Å². The molecule has 9 heteroatoms. The first-order valence-electron chi connectivity index (χ1n) is 11.0. The van der Waals surface area contributed by atoms with Gasteiger partial charge in [0.2, 0.25) is 11.8 Å². The highest BCUT2D eigenvalue weighted by Gasteiger charge is 2.26. The zero-order valence-corrected chi connectivity index (χ0v) is 19.8. The maximum absolute atomic E-state index is 12.9. The molecule has 0 aliphatic carbocycles. The topological polar surface area (TPSA) is 127 Å². The third kappa shape index (κ3) is 4.93. The fraction of sp³-hybridized carbons (Fsp3) is 0.148. The number of nitrogens with zero attached hydrogens (tertiary/aromatic N) is 1. The molecule has 0 radical (unpaired) electrons. The quantitative estimate of drug-likeness (QED) is 0.365. The number of benzene rings is 2. The van der Waals surface area contributed by atoms with Gasteiger partial charge in [0, 0.05) is 11.1 Å². The van der Waals surface area contributed by atoms with Crippen molar-refractivity contribution in [2.45, 2.75) is 13.0 Å². The van der Waals surface area contributed by atoms with Gasteiger partial charge in [0.05, 0.1) is 20.5 Å². The lowest BCUT2D eigenvalue weighted by molar-refractivity contribution is -0.117. The second-order valence-corrected chi connectivity index (χ2v) is 7.74. The molecule has 9 nitrogen and oxygen atoms in total. The zero-order valence-electron chi connectivity index (χ0n) is 19.8. The fourth-order valence-electron chi connectivity index (χ4n) is 3.57. The molecule has 1 atom stereocenters. The molecule has 1 unspecified atom stereocenters. The first-order valence-corrected chi connectivity index (χ1v) is 11.0. The monoisotopic (exact) mass is 485 g/mol. The van der Waals surface area contributed by atoms with Crippen molar-refractivity contribution in [3.8, 4) is 40.0 Å². The molecule has 0 saturated carbocycles. The van der Waals surface area contributed by atoms with Crippen molar-refractivity contribution >= 4 is 17.7 Å². The molecule has 2 heterocycles. The maximum atomic E-state index is 12.9. The average Bonchev–Trinajstić information content (AvgIpc) is 3.57. The third-order valence-electron chi connectivity index (χ3n) is 5.47. The van der Waals surface area contributed by atoms with Crippen molar-refractivity contribution in [3.05, 3.63) is 78.3 Å². The first-order chi connectivity index (χ1) is 17.4. The summed E-state index contributed by atoms with van der Waals surface area (Å²) in [6, 6.07) is 18.5. The first kappa shape index (κ1) is 24.2. The number of rotatable bonds is 8. The van der Waals surface area contributed by atoms with E-state index in [-0.39, 0.29) is 17.2 Å². The lowest BCUT2D eigenvalue weighted by Crippen LogP contribution is -2.41. The number of nitriles is 1. The number of methoxy groups -OCH3 is 2. The highest BCUT2D eigenvalue weighted by Crippen LogP contribution is 2.42. The molecule has 2 amide bonds. The summed E-state index contributed by atoms with van der Waals surface area (Å²) < 4.78 is 21.6. The summed E-state index contributed by atoms with van der Waals surface area (Å²) in [5.41, 5.74) is 2.02. The average molecular weight is 485 g/mol. The molecule has 36 heavy (non-hydrogen) atoms. The van der Waals surface area contributed by atoms with Gasteiger partial charge in [-0.3, -0.25) is 14.9 Å². The second-order valence-electron chi connectivity index (χ2n) is 7.74. The molecule has 0 fully saturated rings. The molecule has 2 N–H and O–H groups in total. The van der Waals surface area contributed by atoms with Gasteiger partial charge in [-0.05, 0) is 61.0 Å². The smallest absolute Gasteiger partial charge is 0.287 e. The Balaban J connectivity index is 1.70. The van der Waals surface area contributed by atoms with Gasteiger partial charge in [-0.25, -0.2) is 0 Å². The van der Waals surface area contributed by atoms with Gasteiger partial charge >= 0.3 is 0 Å². The Morgan fingerprint density at radius 2 is 1.56 bits per heavy atom. The molecular formula is C27H23N3O6. The summed E-state index contributed by atoms with van der Waals surface area (Å²) >= 11 is 0. The number of amides is 2. The Labute approximate surface area is 207 Å². The minimum atomic E-state index is -0.937. The molecule has 0 spiro atoms. The Bertz CT molecular complexity index is 1400. The minimum Gasteiger partial charge on any atom is -0.497 e. The summed E-state index contributed by atoms with van der Waals surface area (Å²) in [4.78, 5) is 25.1. The van der Waals surface area contributed by atoms with Crippen LogP contribution in [-0.4, -0.2) is 32.1 Å². The predicted octanol–water partition coefficient (Wildman–Crippen LogP) is 4.85. The van der Waals surface area contributed by atoms with E-state index in [0.717, 1.165) is 0 Å². The van der Waals surface area contributed by atoms with E-state index in [2.05, 4.69) is 16.7 Å². The highest BCUT2D eigenvalue weighted by atomic mass is 16.5. The molecule has 0 bridgehead atoms. The van der Waals surface area contributed by atoms with Crippen molar-refractivity contribution in [2.24, 2.45) is 0 Å². The number of anilines is 1. The molecule has 2 aromatic heterocycles.